The van der Waals surface area contributed by atoms with Crippen molar-refractivity contribution in [3.05, 3.63) is 21.2 Å². The fourth-order valence-corrected chi connectivity index (χ4v) is 1.85. The summed E-state index contributed by atoms with van der Waals surface area (Å²) in [6.45, 7) is 2.40. The summed E-state index contributed by atoms with van der Waals surface area (Å²) < 4.78 is 5.71. The summed E-state index contributed by atoms with van der Waals surface area (Å²) in [6.07, 6.45) is 2.45. The highest BCUT2D eigenvalue weighted by Crippen LogP contribution is 2.16. The number of ether oxygens (including phenoxy) is 1. The molecule has 15 heavy (non-hydrogen) atoms. The lowest BCUT2D eigenvalue weighted by Gasteiger charge is -2.10. The number of hydrogen-bond donors (Lipinski definition) is 2. The third-order valence-corrected chi connectivity index (χ3v) is 3.11. The molecule has 1 fully saturated rings. The van der Waals surface area contributed by atoms with Crippen LogP contribution in [0.3, 0.4) is 0 Å². The molecular weight excluding hydrogens is 262 g/mol. The topological polar surface area (TPSA) is 67.0 Å². The number of hydrogen-bond acceptors (Lipinski definition) is 4. The fourth-order valence-electron chi connectivity index (χ4n) is 1.49. The number of rotatable bonds is 3. The predicted molar refractivity (Wildman–Crippen MR) is 60.0 cm³/mol. The van der Waals surface area contributed by atoms with E-state index in [9.17, 15) is 4.79 Å². The first kappa shape index (κ1) is 10.6. The van der Waals surface area contributed by atoms with E-state index in [1.54, 1.807) is 0 Å². The van der Waals surface area contributed by atoms with Crippen molar-refractivity contribution in [3.63, 3.8) is 0 Å². The van der Waals surface area contributed by atoms with Gasteiger partial charge < -0.3 is 15.0 Å². The van der Waals surface area contributed by atoms with Crippen molar-refractivity contribution in [1.82, 2.24) is 9.97 Å². The van der Waals surface area contributed by atoms with Crippen molar-refractivity contribution in [3.8, 4) is 0 Å². The van der Waals surface area contributed by atoms with Crippen molar-refractivity contribution in [2.45, 2.75) is 6.42 Å². The SMILES string of the molecule is O=c1[nH]cnc(NCC2CCOC2)c1Br. The van der Waals surface area contributed by atoms with Crippen LogP contribution in [0.15, 0.2) is 15.6 Å². The van der Waals surface area contributed by atoms with Gasteiger partial charge in [0, 0.05) is 19.1 Å². The van der Waals surface area contributed by atoms with Gasteiger partial charge in [-0.25, -0.2) is 4.98 Å². The van der Waals surface area contributed by atoms with Gasteiger partial charge in [0.1, 0.15) is 10.3 Å². The van der Waals surface area contributed by atoms with E-state index < -0.39 is 0 Å². The van der Waals surface area contributed by atoms with Gasteiger partial charge in [0.05, 0.1) is 12.9 Å². The number of aromatic amines is 1. The van der Waals surface area contributed by atoms with Crippen LogP contribution in [0.1, 0.15) is 6.42 Å². The smallest absolute Gasteiger partial charge is 0.267 e. The minimum Gasteiger partial charge on any atom is -0.381 e. The molecule has 1 saturated heterocycles. The van der Waals surface area contributed by atoms with Gasteiger partial charge in [-0.2, -0.15) is 0 Å². The maximum absolute atomic E-state index is 11.2. The highest BCUT2D eigenvalue weighted by molar-refractivity contribution is 9.10. The Kier molecular flexibility index (Phi) is 3.37. The van der Waals surface area contributed by atoms with Crippen LogP contribution in [-0.4, -0.2) is 29.7 Å². The first-order chi connectivity index (χ1) is 7.27. The molecule has 1 aliphatic rings. The van der Waals surface area contributed by atoms with E-state index >= 15 is 0 Å². The second-order valence-electron chi connectivity index (χ2n) is 3.50. The maximum Gasteiger partial charge on any atom is 0.267 e. The summed E-state index contributed by atoms with van der Waals surface area (Å²) in [5.74, 6) is 1.10. The number of nitrogens with one attached hydrogen (secondary N) is 2. The average Bonchev–Trinajstić information content (AvgIpc) is 2.73. The van der Waals surface area contributed by atoms with Crippen LogP contribution in [-0.2, 0) is 4.74 Å². The third-order valence-electron chi connectivity index (χ3n) is 2.38. The monoisotopic (exact) mass is 273 g/mol. The van der Waals surface area contributed by atoms with E-state index in [1.165, 1.54) is 6.33 Å². The summed E-state index contributed by atoms with van der Waals surface area (Å²) in [4.78, 5) is 17.8. The first-order valence-electron chi connectivity index (χ1n) is 4.82. The maximum atomic E-state index is 11.2. The lowest BCUT2D eigenvalue weighted by Crippen LogP contribution is -2.18. The molecular formula is C9H12BrN3O2. The minimum absolute atomic E-state index is 0.171. The molecule has 2 heterocycles. The number of H-pyrrole nitrogens is 1. The number of halogens is 1. The van der Waals surface area contributed by atoms with E-state index in [1.807, 2.05) is 0 Å². The van der Waals surface area contributed by atoms with Gasteiger partial charge in [-0.05, 0) is 22.4 Å². The number of anilines is 1. The predicted octanol–water partition coefficient (Wildman–Crippen LogP) is 0.981. The van der Waals surface area contributed by atoms with E-state index in [0.29, 0.717) is 16.2 Å². The molecule has 2 rings (SSSR count). The zero-order chi connectivity index (χ0) is 10.7. The minimum atomic E-state index is -0.171. The quantitative estimate of drug-likeness (QED) is 0.862. The highest BCUT2D eigenvalue weighted by Gasteiger charge is 2.16. The summed E-state index contributed by atoms with van der Waals surface area (Å²) in [7, 11) is 0. The zero-order valence-corrected chi connectivity index (χ0v) is 9.71. The van der Waals surface area contributed by atoms with E-state index in [2.05, 4.69) is 31.2 Å². The van der Waals surface area contributed by atoms with Crippen molar-refractivity contribution < 1.29 is 4.74 Å². The van der Waals surface area contributed by atoms with Gasteiger partial charge >= 0.3 is 0 Å². The Morgan fingerprint density at radius 3 is 3.33 bits per heavy atom. The molecule has 0 saturated carbocycles. The Morgan fingerprint density at radius 2 is 2.60 bits per heavy atom. The van der Waals surface area contributed by atoms with Crippen LogP contribution >= 0.6 is 15.9 Å². The van der Waals surface area contributed by atoms with Crippen LogP contribution in [0, 0.1) is 5.92 Å². The van der Waals surface area contributed by atoms with Crippen LogP contribution in [0.5, 0.6) is 0 Å². The number of nitrogens with zero attached hydrogens (tertiary/aromatic N) is 1. The molecule has 0 spiro atoms. The third kappa shape index (κ3) is 2.57. The molecule has 1 aliphatic heterocycles. The van der Waals surface area contributed by atoms with Crippen LogP contribution in [0.4, 0.5) is 5.82 Å². The molecule has 0 amide bonds. The largest absolute Gasteiger partial charge is 0.381 e. The summed E-state index contributed by atoms with van der Waals surface area (Å²) in [6, 6.07) is 0. The molecule has 0 radical (unpaired) electrons. The van der Waals surface area contributed by atoms with Gasteiger partial charge in [-0.3, -0.25) is 4.79 Å². The van der Waals surface area contributed by atoms with E-state index in [4.69, 9.17) is 4.74 Å². The molecule has 2 N–H and O–H groups in total. The lowest BCUT2D eigenvalue weighted by atomic mass is 10.1. The van der Waals surface area contributed by atoms with Crippen molar-refractivity contribution in [1.29, 1.82) is 0 Å². The van der Waals surface area contributed by atoms with Gasteiger partial charge in [0.25, 0.3) is 5.56 Å². The molecule has 1 aromatic heterocycles. The summed E-state index contributed by atoms with van der Waals surface area (Å²) >= 11 is 3.19. The molecule has 0 bridgehead atoms. The van der Waals surface area contributed by atoms with Crippen LogP contribution in [0.25, 0.3) is 0 Å². The van der Waals surface area contributed by atoms with Crippen molar-refractivity contribution in [2.75, 3.05) is 25.1 Å². The van der Waals surface area contributed by atoms with Crippen LogP contribution < -0.4 is 10.9 Å². The van der Waals surface area contributed by atoms with Crippen molar-refractivity contribution in [2.24, 2.45) is 5.92 Å². The van der Waals surface area contributed by atoms with Crippen LogP contribution in [0.2, 0.25) is 0 Å². The molecule has 82 valence electrons. The van der Waals surface area contributed by atoms with E-state index in [-0.39, 0.29) is 5.56 Å². The Morgan fingerprint density at radius 1 is 1.73 bits per heavy atom. The highest BCUT2D eigenvalue weighted by atomic mass is 79.9. The van der Waals surface area contributed by atoms with Crippen molar-refractivity contribution >= 4 is 21.7 Å². The second kappa shape index (κ2) is 4.76. The molecule has 5 nitrogen and oxygen atoms in total. The Hall–Kier alpha value is -0.880. The number of aromatic nitrogens is 2. The normalized spacial score (nSPS) is 20.5. The fraction of sp³-hybridized carbons (Fsp3) is 0.556. The average molecular weight is 274 g/mol. The van der Waals surface area contributed by atoms with Gasteiger partial charge in [0.15, 0.2) is 0 Å². The van der Waals surface area contributed by atoms with Gasteiger partial charge in [-0.15, -0.1) is 0 Å². The first-order valence-corrected chi connectivity index (χ1v) is 5.61. The Bertz CT molecular complexity index is 387. The van der Waals surface area contributed by atoms with Gasteiger partial charge in [-0.1, -0.05) is 0 Å². The molecule has 1 aromatic rings. The Labute approximate surface area is 95.4 Å². The molecule has 0 aromatic carbocycles. The zero-order valence-electron chi connectivity index (χ0n) is 8.12. The lowest BCUT2D eigenvalue weighted by molar-refractivity contribution is 0.187. The molecule has 1 atom stereocenters. The summed E-state index contributed by atoms with van der Waals surface area (Å²) in [5.41, 5.74) is -0.171. The molecule has 1 unspecified atom stereocenters. The molecule has 0 aliphatic carbocycles. The van der Waals surface area contributed by atoms with E-state index in [0.717, 1.165) is 26.2 Å². The second-order valence-corrected chi connectivity index (χ2v) is 4.30. The molecule has 6 heteroatoms. The standard InChI is InChI=1S/C9H12BrN3O2/c10-7-8(12-5-13-9(7)14)11-3-6-1-2-15-4-6/h5-6H,1-4H2,(H2,11,12,13,14). The Balaban J connectivity index is 1.98. The summed E-state index contributed by atoms with van der Waals surface area (Å²) in [5, 5.41) is 3.14. The van der Waals surface area contributed by atoms with Gasteiger partial charge in [0.2, 0.25) is 0 Å².